The Morgan fingerprint density at radius 1 is 0.400 bits per heavy atom. The van der Waals surface area contributed by atoms with Crippen molar-refractivity contribution in [1.29, 1.82) is 0 Å². The predicted molar refractivity (Wildman–Crippen MR) is 290 cm³/mol. The maximum Gasteiger partial charge on any atom is 0.295 e. The highest BCUT2D eigenvalue weighted by atomic mass is 32.2. The Bertz CT molecular complexity index is 4440. The molecule has 0 heterocycles. The number of amides is 2. The molecule has 8 rings (SSSR count). The Morgan fingerprint density at radius 2 is 0.800 bits per heavy atom. The van der Waals surface area contributed by atoms with E-state index in [4.69, 9.17) is 14.2 Å². The number of carbonyl (C=O) groups excluding carboxylic acids is 2. The lowest BCUT2D eigenvalue weighted by atomic mass is 10.1. The minimum Gasteiger partial charge on any atom is -0.496 e. The number of methoxy groups -OCH3 is 3. The highest BCUT2D eigenvalue weighted by molar-refractivity contribution is 7.87. The van der Waals surface area contributed by atoms with Gasteiger partial charge >= 0.3 is 0 Å². The molecule has 412 valence electrons. The van der Waals surface area contributed by atoms with Gasteiger partial charge in [0.1, 0.15) is 36.8 Å². The number of nitrogens with one attached hydrogen (secondary N) is 2. The van der Waals surface area contributed by atoms with Crippen molar-refractivity contribution in [2.45, 2.75) is 33.4 Å². The number of carbonyl (C=O) groups is 2. The smallest absolute Gasteiger partial charge is 0.295 e. The average molecular weight is 1170 g/mol. The summed E-state index contributed by atoms with van der Waals surface area (Å²) >= 11 is 0. The zero-order valence-electron chi connectivity index (χ0n) is 42.0. The molecule has 6 N–H and O–H groups in total. The first-order chi connectivity index (χ1) is 37.7. The zero-order valence-corrected chi connectivity index (χ0v) is 45.3. The summed E-state index contributed by atoms with van der Waals surface area (Å²) in [6, 6.07) is 27.7. The van der Waals surface area contributed by atoms with Gasteiger partial charge in [0.2, 0.25) is 0 Å². The van der Waals surface area contributed by atoms with Gasteiger partial charge in [0.05, 0.1) is 72.4 Å². The van der Waals surface area contributed by atoms with Gasteiger partial charge in [-0.25, -0.2) is 0 Å². The van der Waals surface area contributed by atoms with Gasteiger partial charge in [-0.05, 0) is 116 Å². The quantitative estimate of drug-likeness (QED) is 0.0364. The summed E-state index contributed by atoms with van der Waals surface area (Å²) in [5, 5.41) is 29.7. The molecule has 80 heavy (non-hydrogen) atoms. The van der Waals surface area contributed by atoms with Crippen LogP contribution in [0.5, 0.6) is 17.2 Å². The van der Waals surface area contributed by atoms with Crippen LogP contribution in [0.1, 0.15) is 31.8 Å². The van der Waals surface area contributed by atoms with Crippen molar-refractivity contribution in [2.24, 2.45) is 30.7 Å². The fourth-order valence-corrected chi connectivity index (χ4v) is 10.9. The Kier molecular flexibility index (Phi) is 16.0. The van der Waals surface area contributed by atoms with E-state index >= 15 is 0 Å². The molecule has 0 fully saturated rings. The summed E-state index contributed by atoms with van der Waals surface area (Å²) in [7, 11) is -15.4. The Labute approximate surface area is 455 Å². The van der Waals surface area contributed by atoms with Gasteiger partial charge in [0, 0.05) is 39.2 Å². The maximum atomic E-state index is 13.8. The van der Waals surface area contributed by atoms with Crippen molar-refractivity contribution in [3.8, 4) is 17.2 Å². The first-order valence-corrected chi connectivity index (χ1v) is 28.5. The van der Waals surface area contributed by atoms with Gasteiger partial charge in [-0.1, -0.05) is 24.3 Å². The van der Waals surface area contributed by atoms with Crippen molar-refractivity contribution >= 4 is 119 Å². The van der Waals surface area contributed by atoms with Crippen LogP contribution < -0.4 is 24.8 Å². The van der Waals surface area contributed by atoms with Crippen molar-refractivity contribution < 1.29 is 75.7 Å². The van der Waals surface area contributed by atoms with E-state index in [2.05, 4.69) is 41.3 Å². The number of aryl methyl sites for hydroxylation is 2. The lowest BCUT2D eigenvalue weighted by Crippen LogP contribution is -2.14. The molecule has 8 aromatic rings. The molecule has 0 aliphatic rings. The van der Waals surface area contributed by atoms with Crippen LogP contribution in [0.3, 0.4) is 0 Å². The van der Waals surface area contributed by atoms with Gasteiger partial charge in [0.25, 0.3) is 52.3 Å². The molecule has 0 unspecified atom stereocenters. The maximum absolute atomic E-state index is 13.8. The van der Waals surface area contributed by atoms with Gasteiger partial charge in [-0.3, -0.25) is 27.8 Å². The van der Waals surface area contributed by atoms with Crippen LogP contribution in [0, 0.1) is 13.8 Å². The van der Waals surface area contributed by atoms with E-state index in [1.807, 2.05) is 0 Å². The van der Waals surface area contributed by atoms with E-state index in [-0.39, 0.29) is 89.7 Å². The summed E-state index contributed by atoms with van der Waals surface area (Å²) in [6.45, 7) is 3.26. The highest BCUT2D eigenvalue weighted by Crippen LogP contribution is 2.40. The van der Waals surface area contributed by atoms with Gasteiger partial charge < -0.3 is 24.8 Å². The van der Waals surface area contributed by atoms with Crippen LogP contribution in [-0.4, -0.2) is 85.0 Å². The fourth-order valence-electron chi connectivity index (χ4n) is 8.05. The van der Waals surface area contributed by atoms with Crippen LogP contribution in [0.2, 0.25) is 0 Å². The van der Waals surface area contributed by atoms with E-state index in [0.717, 1.165) is 24.3 Å². The second-order valence-electron chi connectivity index (χ2n) is 17.1. The molecular weight excluding hydrogens is 1120 g/mol. The predicted octanol–water partition coefficient (Wildman–Crippen LogP) is 11.4. The zero-order chi connectivity index (χ0) is 58.1. The number of ether oxygens (including phenoxy) is 3. The summed E-state index contributed by atoms with van der Waals surface area (Å²) in [4.78, 5) is 24.7. The summed E-state index contributed by atoms with van der Waals surface area (Å²) in [5.74, 6) is -0.744. The molecule has 0 saturated heterocycles. The molecular formula is C51H42N8O17S4. The molecule has 2 amide bonds. The van der Waals surface area contributed by atoms with E-state index in [1.54, 1.807) is 26.0 Å². The molecule has 0 atom stereocenters. The highest BCUT2D eigenvalue weighted by Gasteiger charge is 2.24. The van der Waals surface area contributed by atoms with Gasteiger partial charge in [-0.15, -0.1) is 0 Å². The SMILES string of the molecule is COc1cc(N=Nc2cc(S(=O)(=O)O)c3cccc(S(=O)(=O)O)c3c2)c(C)cc1NC(=O)c1ccc(N=Nc2ccc(OC)c(C(=O)Nc3cc(C)c(N=Nc4cc(S(=O)(=O)O)c5cccc(S(=O)(=O)O)c5c4)cc3OC)c2)cc1. The molecule has 0 aliphatic heterocycles. The largest absolute Gasteiger partial charge is 0.496 e. The Hall–Kier alpha value is -8.94. The van der Waals surface area contributed by atoms with E-state index in [0.29, 0.717) is 16.8 Å². The second kappa shape index (κ2) is 22.4. The molecule has 0 aromatic heterocycles. The number of azo groups is 3. The second-order valence-corrected chi connectivity index (χ2v) is 22.7. The van der Waals surface area contributed by atoms with E-state index in [1.165, 1.54) is 112 Å². The number of anilines is 2. The summed E-state index contributed by atoms with van der Waals surface area (Å²) in [5.41, 5.74) is 2.16. The number of nitrogens with zero attached hydrogens (tertiary/aromatic N) is 6. The molecule has 25 nitrogen and oxygen atoms in total. The number of benzene rings is 8. The van der Waals surface area contributed by atoms with Crippen molar-refractivity contribution in [1.82, 2.24) is 0 Å². The van der Waals surface area contributed by atoms with Crippen molar-refractivity contribution in [3.05, 3.63) is 150 Å². The van der Waals surface area contributed by atoms with Crippen molar-refractivity contribution in [2.75, 3.05) is 32.0 Å². The lowest BCUT2D eigenvalue weighted by Gasteiger charge is -2.14. The fraction of sp³-hybridized carbons (Fsp3) is 0.0980. The normalized spacial score (nSPS) is 12.4. The van der Waals surface area contributed by atoms with E-state index < -0.39 is 71.9 Å². The van der Waals surface area contributed by atoms with Crippen LogP contribution >= 0.6 is 0 Å². The lowest BCUT2D eigenvalue weighted by molar-refractivity contribution is 0.101. The van der Waals surface area contributed by atoms with Crippen LogP contribution in [0.15, 0.2) is 178 Å². The minimum absolute atomic E-state index is 0.0486. The third-order valence-corrected chi connectivity index (χ3v) is 15.4. The molecule has 0 spiro atoms. The van der Waals surface area contributed by atoms with Gasteiger partial charge in [-0.2, -0.15) is 64.4 Å². The number of hydrogen-bond donors (Lipinski definition) is 6. The first kappa shape index (κ1) is 57.2. The minimum atomic E-state index is -4.91. The topological polar surface area (TPSA) is 378 Å². The first-order valence-electron chi connectivity index (χ1n) is 22.7. The number of rotatable bonds is 17. The third-order valence-electron chi connectivity index (χ3n) is 11.8. The summed E-state index contributed by atoms with van der Waals surface area (Å²) < 4.78 is 153. The van der Waals surface area contributed by atoms with Gasteiger partial charge in [0.15, 0.2) is 0 Å². The molecule has 0 saturated carbocycles. The summed E-state index contributed by atoms with van der Waals surface area (Å²) in [6.07, 6.45) is 0. The third kappa shape index (κ3) is 12.6. The molecule has 29 heteroatoms. The standard InChI is InChI=1S/C51H42N8O17S4/c1-27-18-41(44(75-4)25-39(27)58-56-32-21-36-34(48(23-32)79(68,69)70)8-6-10-46(36)77(62,63)64)52-50(60)29-12-14-30(15-13-29)54-55-31-16-17-43(74-3)38(20-31)51(61)53-42-19-28(2)40(26-45(42)76-5)59-57-33-22-37-35(49(24-33)80(71,72)73)9-7-11-47(37)78(65,66)67/h6-26H,1-5H3,(H,52,60)(H,53,61)(H,62,63,64)(H,65,66,67)(H,68,69,70)(H,71,72,73). The Balaban J connectivity index is 0.960. The molecule has 8 aromatic carbocycles. The molecule has 0 aliphatic carbocycles. The van der Waals surface area contributed by atoms with Crippen molar-refractivity contribution in [3.63, 3.8) is 0 Å². The van der Waals surface area contributed by atoms with Crippen LogP contribution in [0.4, 0.5) is 45.5 Å². The average Bonchev–Trinajstić information content (AvgIpc) is 3.47. The Morgan fingerprint density at radius 3 is 1.23 bits per heavy atom. The number of hydrogen-bond acceptors (Lipinski definition) is 19. The van der Waals surface area contributed by atoms with E-state index in [9.17, 15) is 61.5 Å². The molecule has 0 radical (unpaired) electrons. The molecule has 0 bridgehead atoms. The monoisotopic (exact) mass is 1170 g/mol. The van der Waals surface area contributed by atoms with Crippen LogP contribution in [-0.2, 0) is 40.5 Å². The number of fused-ring (bicyclic) bond motifs is 2. The van der Waals surface area contributed by atoms with Crippen LogP contribution in [0.25, 0.3) is 21.5 Å².